The number of allylic oxidation sites excluding steroid dienone is 4. The van der Waals surface area contributed by atoms with Crippen molar-refractivity contribution >= 4 is 28.8 Å². The zero-order valence-electron chi connectivity index (χ0n) is 22.4. The standard InChI is InChI=1S/C30H35F2NO5S/c1-16-19-11-20-21-12-23(31)22-9-17(35)6-7-27(22,2)30(21,32)24(36)13-28(20,3)29(19,25(37)14-34)15-33(16)26(38)10-18-5-4-8-39-18/h4-9,16,19-21,23-24,34,36H,10-15H2,1-3H3/t16?,19-,20?,21?,23-,24-,27-,28-,29+,30-/m0/s1. The summed E-state index contributed by atoms with van der Waals surface area (Å²) in [5.74, 6) is -2.63. The van der Waals surface area contributed by atoms with Gasteiger partial charge in [0.2, 0.25) is 5.91 Å². The molecule has 1 aliphatic heterocycles. The van der Waals surface area contributed by atoms with Crippen molar-refractivity contribution in [3.8, 4) is 0 Å². The third kappa shape index (κ3) is 3.21. The number of hydrogen-bond acceptors (Lipinski definition) is 6. The average molecular weight is 560 g/mol. The molecule has 1 amide bonds. The van der Waals surface area contributed by atoms with Crippen LogP contribution < -0.4 is 0 Å². The van der Waals surface area contributed by atoms with Gasteiger partial charge in [0.25, 0.3) is 0 Å². The summed E-state index contributed by atoms with van der Waals surface area (Å²) in [6.45, 7) is 4.70. The quantitative estimate of drug-likeness (QED) is 0.588. The summed E-state index contributed by atoms with van der Waals surface area (Å²) in [6.07, 6.45) is 1.08. The molecule has 1 aromatic heterocycles. The molecule has 1 saturated heterocycles. The first kappa shape index (κ1) is 27.0. The van der Waals surface area contributed by atoms with Gasteiger partial charge < -0.3 is 15.1 Å². The topological polar surface area (TPSA) is 94.9 Å². The summed E-state index contributed by atoms with van der Waals surface area (Å²) in [5.41, 5.74) is -5.81. The van der Waals surface area contributed by atoms with Gasteiger partial charge in [0.05, 0.1) is 17.9 Å². The van der Waals surface area contributed by atoms with Gasteiger partial charge in [-0.3, -0.25) is 14.4 Å². The fraction of sp³-hybridized carbons (Fsp3) is 0.633. The molecule has 0 radical (unpaired) electrons. The van der Waals surface area contributed by atoms with Crippen molar-refractivity contribution in [2.75, 3.05) is 13.2 Å². The summed E-state index contributed by atoms with van der Waals surface area (Å²) in [7, 11) is 0. The molecule has 1 aromatic rings. The number of rotatable bonds is 4. The number of alkyl halides is 2. The molecule has 39 heavy (non-hydrogen) atoms. The number of aliphatic hydroxyl groups is 2. The third-order valence-corrected chi connectivity index (χ3v) is 12.4. The molecule has 6 rings (SSSR count). The van der Waals surface area contributed by atoms with Crippen LogP contribution in [0.2, 0.25) is 0 Å². The number of ketones is 2. The lowest BCUT2D eigenvalue weighted by atomic mass is 9.43. The first-order valence-electron chi connectivity index (χ1n) is 13.8. The van der Waals surface area contributed by atoms with Gasteiger partial charge in [0.15, 0.2) is 17.2 Å². The Bertz CT molecular complexity index is 1300. The number of carbonyl (C=O) groups excluding carboxylic acids is 3. The fourth-order valence-corrected chi connectivity index (χ4v) is 10.4. The van der Waals surface area contributed by atoms with Crippen LogP contribution in [0.3, 0.4) is 0 Å². The Balaban J connectivity index is 1.42. The maximum Gasteiger partial charge on any atom is 0.228 e. The summed E-state index contributed by atoms with van der Waals surface area (Å²) in [5, 5.41) is 23.7. The van der Waals surface area contributed by atoms with E-state index in [-0.39, 0.29) is 49.2 Å². The SMILES string of the molecule is CC1[C@@H]2CC3C4C[C@H](F)C5=CC(=O)C=C[C@]5(C)[C@@]4(F)[C@@H](O)C[C@]3(C)[C@]2(C(=O)CO)CN1C(=O)Cc1cccs1. The van der Waals surface area contributed by atoms with E-state index in [2.05, 4.69) is 0 Å². The minimum absolute atomic E-state index is 0.0613. The number of thiophene rings is 1. The molecule has 0 aromatic carbocycles. The van der Waals surface area contributed by atoms with Gasteiger partial charge in [0.1, 0.15) is 12.8 Å². The molecule has 2 N–H and O–H groups in total. The Morgan fingerprint density at radius 2 is 1.95 bits per heavy atom. The molecule has 3 saturated carbocycles. The number of fused-ring (bicyclic) bond motifs is 7. The fourth-order valence-electron chi connectivity index (χ4n) is 9.67. The molecule has 0 bridgehead atoms. The Hall–Kier alpha value is -2.23. The Morgan fingerprint density at radius 3 is 2.62 bits per heavy atom. The van der Waals surface area contributed by atoms with Crippen LogP contribution in [0.15, 0.2) is 41.3 Å². The van der Waals surface area contributed by atoms with Gasteiger partial charge >= 0.3 is 0 Å². The second kappa shape index (κ2) is 8.63. The number of carbonyl (C=O) groups is 3. The van der Waals surface area contributed by atoms with Crippen LogP contribution in [0.4, 0.5) is 8.78 Å². The van der Waals surface area contributed by atoms with Crippen LogP contribution in [0.25, 0.3) is 0 Å². The monoisotopic (exact) mass is 559 g/mol. The molecule has 210 valence electrons. The molecular formula is C30H35F2NO5S. The van der Waals surface area contributed by atoms with Crippen LogP contribution in [-0.2, 0) is 20.8 Å². The second-order valence-electron chi connectivity index (χ2n) is 12.8. The van der Waals surface area contributed by atoms with Gasteiger partial charge in [-0.25, -0.2) is 8.78 Å². The molecule has 4 aliphatic carbocycles. The van der Waals surface area contributed by atoms with E-state index in [1.807, 2.05) is 31.4 Å². The first-order valence-corrected chi connectivity index (χ1v) is 14.7. The maximum atomic E-state index is 17.5. The molecule has 6 nitrogen and oxygen atoms in total. The summed E-state index contributed by atoms with van der Waals surface area (Å²) in [4.78, 5) is 41.9. The Morgan fingerprint density at radius 1 is 1.21 bits per heavy atom. The zero-order valence-corrected chi connectivity index (χ0v) is 23.2. The lowest BCUT2D eigenvalue weighted by Gasteiger charge is -2.63. The molecule has 5 aliphatic rings. The van der Waals surface area contributed by atoms with Gasteiger partial charge in [-0.15, -0.1) is 11.3 Å². The number of halogens is 2. The van der Waals surface area contributed by atoms with E-state index < -0.39 is 64.2 Å². The van der Waals surface area contributed by atoms with Crippen LogP contribution in [0.1, 0.15) is 44.9 Å². The molecule has 0 spiro atoms. The highest BCUT2D eigenvalue weighted by Gasteiger charge is 2.79. The molecule has 9 heteroatoms. The highest BCUT2D eigenvalue weighted by atomic mass is 32.1. The molecule has 10 atom stereocenters. The highest BCUT2D eigenvalue weighted by molar-refractivity contribution is 7.10. The van der Waals surface area contributed by atoms with E-state index in [0.717, 1.165) is 4.88 Å². The van der Waals surface area contributed by atoms with E-state index in [1.165, 1.54) is 29.6 Å². The lowest BCUT2D eigenvalue weighted by molar-refractivity contribution is -0.212. The van der Waals surface area contributed by atoms with Gasteiger partial charge in [-0.1, -0.05) is 19.1 Å². The normalized spacial score (nSPS) is 46.3. The number of Topliss-reactive ketones (excluding diaryl/α,β-unsaturated/α-hetero) is 1. The van der Waals surface area contributed by atoms with E-state index >= 15 is 8.78 Å². The van der Waals surface area contributed by atoms with Gasteiger partial charge in [0, 0.05) is 28.8 Å². The van der Waals surface area contributed by atoms with Crippen LogP contribution in [0.5, 0.6) is 0 Å². The average Bonchev–Trinajstić information content (AvgIpc) is 3.57. The number of amides is 1. The number of hydrogen-bond donors (Lipinski definition) is 2. The molecular weight excluding hydrogens is 524 g/mol. The van der Waals surface area contributed by atoms with Crippen molar-refractivity contribution in [2.45, 2.75) is 70.4 Å². The van der Waals surface area contributed by atoms with Crippen molar-refractivity contribution in [3.05, 3.63) is 46.2 Å². The Kier molecular flexibility index (Phi) is 5.97. The Labute approximate surface area is 230 Å². The van der Waals surface area contributed by atoms with Crippen molar-refractivity contribution in [1.29, 1.82) is 0 Å². The smallest absolute Gasteiger partial charge is 0.228 e. The number of aliphatic hydroxyl groups excluding tert-OH is 2. The largest absolute Gasteiger partial charge is 0.390 e. The van der Waals surface area contributed by atoms with Crippen LogP contribution in [0, 0.1) is 34.0 Å². The zero-order chi connectivity index (χ0) is 28.1. The van der Waals surface area contributed by atoms with Gasteiger partial charge in [-0.2, -0.15) is 0 Å². The number of nitrogens with zero attached hydrogens (tertiary/aromatic N) is 1. The van der Waals surface area contributed by atoms with E-state index in [4.69, 9.17) is 0 Å². The minimum atomic E-state index is -2.23. The minimum Gasteiger partial charge on any atom is -0.390 e. The van der Waals surface area contributed by atoms with E-state index in [0.29, 0.717) is 6.42 Å². The van der Waals surface area contributed by atoms with Crippen molar-refractivity contribution in [3.63, 3.8) is 0 Å². The van der Waals surface area contributed by atoms with Crippen molar-refractivity contribution < 1.29 is 33.4 Å². The molecule has 2 heterocycles. The van der Waals surface area contributed by atoms with Crippen LogP contribution >= 0.6 is 11.3 Å². The predicted molar refractivity (Wildman–Crippen MR) is 141 cm³/mol. The maximum absolute atomic E-state index is 17.5. The highest BCUT2D eigenvalue weighted by Crippen LogP contribution is 2.75. The van der Waals surface area contributed by atoms with Crippen molar-refractivity contribution in [1.82, 2.24) is 4.90 Å². The summed E-state index contributed by atoms with van der Waals surface area (Å²) < 4.78 is 33.3. The molecule has 3 unspecified atom stereocenters. The first-order chi connectivity index (χ1) is 18.3. The van der Waals surface area contributed by atoms with E-state index in [1.54, 1.807) is 11.8 Å². The van der Waals surface area contributed by atoms with Crippen molar-refractivity contribution in [2.24, 2.45) is 34.0 Å². The lowest BCUT2D eigenvalue weighted by Crippen LogP contribution is -2.69. The second-order valence-corrected chi connectivity index (χ2v) is 13.8. The van der Waals surface area contributed by atoms with Gasteiger partial charge in [-0.05, 0) is 79.5 Å². The van der Waals surface area contributed by atoms with E-state index in [9.17, 15) is 24.6 Å². The summed E-state index contributed by atoms with van der Waals surface area (Å²) >= 11 is 1.49. The van der Waals surface area contributed by atoms with Crippen LogP contribution in [-0.4, -0.2) is 69.7 Å². The predicted octanol–water partition coefficient (Wildman–Crippen LogP) is 3.61. The molecule has 4 fully saturated rings. The summed E-state index contributed by atoms with van der Waals surface area (Å²) in [6, 6.07) is 3.43. The number of likely N-dealkylation sites (tertiary alicyclic amines) is 1. The third-order valence-electron chi connectivity index (χ3n) is 11.5.